The van der Waals surface area contributed by atoms with E-state index in [1.807, 2.05) is 12.1 Å². The fourth-order valence-electron chi connectivity index (χ4n) is 3.19. The lowest BCUT2D eigenvalue weighted by Gasteiger charge is -2.26. The zero-order chi connectivity index (χ0) is 24.4. The Morgan fingerprint density at radius 1 is 0.882 bits per heavy atom. The molecule has 34 heavy (non-hydrogen) atoms. The maximum atomic E-state index is 13.0. The number of urea groups is 1. The molecule has 0 aliphatic carbocycles. The van der Waals surface area contributed by atoms with Crippen LogP contribution in [0.1, 0.15) is 11.1 Å². The van der Waals surface area contributed by atoms with Crippen LogP contribution < -0.4 is 15.0 Å². The van der Waals surface area contributed by atoms with E-state index in [1.54, 1.807) is 36.4 Å². The zero-order valence-corrected chi connectivity index (χ0v) is 21.8. The predicted molar refractivity (Wildman–Crippen MR) is 138 cm³/mol. The molecular formula is C24H14Br2Cl2N2O4. The van der Waals surface area contributed by atoms with Crippen LogP contribution in [0.3, 0.4) is 0 Å². The number of benzene rings is 3. The number of carbonyl (C=O) groups is 3. The molecule has 1 aliphatic rings. The lowest BCUT2D eigenvalue weighted by molar-refractivity contribution is -0.122. The first-order valence-corrected chi connectivity index (χ1v) is 12.1. The maximum Gasteiger partial charge on any atom is 0.335 e. The number of imide groups is 2. The summed E-state index contributed by atoms with van der Waals surface area (Å²) in [5, 5.41) is 3.29. The van der Waals surface area contributed by atoms with Gasteiger partial charge in [-0.25, -0.2) is 9.69 Å². The fourth-order valence-corrected chi connectivity index (χ4v) is 4.89. The van der Waals surface area contributed by atoms with Crippen molar-refractivity contribution < 1.29 is 19.1 Å². The van der Waals surface area contributed by atoms with Crippen LogP contribution in [0.4, 0.5) is 10.5 Å². The van der Waals surface area contributed by atoms with E-state index >= 15 is 0 Å². The first-order chi connectivity index (χ1) is 16.2. The minimum absolute atomic E-state index is 0.191. The molecule has 0 radical (unpaired) electrons. The Kier molecular flexibility index (Phi) is 7.42. The predicted octanol–water partition coefficient (Wildman–Crippen LogP) is 6.76. The van der Waals surface area contributed by atoms with Crippen molar-refractivity contribution in [2.75, 3.05) is 4.90 Å². The first kappa shape index (κ1) is 24.5. The number of anilines is 1. The van der Waals surface area contributed by atoms with E-state index in [0.717, 1.165) is 10.5 Å². The molecule has 1 aliphatic heterocycles. The van der Waals surface area contributed by atoms with Gasteiger partial charge in [-0.05, 0) is 97.6 Å². The van der Waals surface area contributed by atoms with Gasteiger partial charge in [0.25, 0.3) is 11.8 Å². The minimum atomic E-state index is -0.831. The lowest BCUT2D eigenvalue weighted by Crippen LogP contribution is -2.54. The van der Waals surface area contributed by atoms with Crippen LogP contribution in [0.5, 0.6) is 5.75 Å². The summed E-state index contributed by atoms with van der Waals surface area (Å²) in [7, 11) is 0. The van der Waals surface area contributed by atoms with Crippen molar-refractivity contribution in [2.24, 2.45) is 0 Å². The Morgan fingerprint density at radius 2 is 1.44 bits per heavy atom. The fraction of sp³-hybridized carbons (Fsp3) is 0.0417. The molecule has 0 bridgehead atoms. The Morgan fingerprint density at radius 3 is 2.03 bits per heavy atom. The van der Waals surface area contributed by atoms with Gasteiger partial charge < -0.3 is 4.74 Å². The third-order valence-corrected chi connectivity index (χ3v) is 6.50. The number of nitrogens with one attached hydrogen (secondary N) is 1. The molecule has 1 fully saturated rings. The number of ether oxygens (including phenoxy) is 1. The van der Waals surface area contributed by atoms with Crippen molar-refractivity contribution in [3.63, 3.8) is 0 Å². The molecule has 4 rings (SSSR count). The van der Waals surface area contributed by atoms with Crippen molar-refractivity contribution in [1.82, 2.24) is 5.32 Å². The molecule has 3 aromatic carbocycles. The lowest BCUT2D eigenvalue weighted by atomic mass is 10.1. The average Bonchev–Trinajstić information content (AvgIpc) is 2.78. The van der Waals surface area contributed by atoms with Gasteiger partial charge in [-0.1, -0.05) is 35.3 Å². The molecule has 0 saturated carbocycles. The van der Waals surface area contributed by atoms with E-state index in [2.05, 4.69) is 37.2 Å². The largest absolute Gasteiger partial charge is 0.487 e. The van der Waals surface area contributed by atoms with Gasteiger partial charge in [0.1, 0.15) is 17.9 Å². The Bertz CT molecular complexity index is 1300. The summed E-state index contributed by atoms with van der Waals surface area (Å²) in [5.74, 6) is -0.976. The summed E-state index contributed by atoms with van der Waals surface area (Å²) in [4.78, 5) is 38.7. The van der Waals surface area contributed by atoms with Crippen LogP contribution in [0.25, 0.3) is 6.08 Å². The van der Waals surface area contributed by atoms with Gasteiger partial charge in [-0.2, -0.15) is 0 Å². The Hall–Kier alpha value is -2.65. The molecule has 4 amide bonds. The molecule has 0 unspecified atom stereocenters. The van der Waals surface area contributed by atoms with Gasteiger partial charge >= 0.3 is 6.03 Å². The number of amides is 4. The first-order valence-electron chi connectivity index (χ1n) is 9.76. The van der Waals surface area contributed by atoms with Crippen LogP contribution in [0.2, 0.25) is 10.0 Å². The summed E-state index contributed by atoms with van der Waals surface area (Å²) in [6.07, 6.45) is 1.41. The van der Waals surface area contributed by atoms with Crippen LogP contribution >= 0.6 is 55.1 Å². The highest BCUT2D eigenvalue weighted by Gasteiger charge is 2.36. The van der Waals surface area contributed by atoms with E-state index in [9.17, 15) is 14.4 Å². The second kappa shape index (κ2) is 10.3. The zero-order valence-electron chi connectivity index (χ0n) is 17.2. The van der Waals surface area contributed by atoms with Gasteiger partial charge in [0, 0.05) is 10.0 Å². The monoisotopic (exact) mass is 622 g/mol. The summed E-state index contributed by atoms with van der Waals surface area (Å²) in [6.45, 7) is 0.313. The Labute approximate surface area is 221 Å². The highest BCUT2D eigenvalue weighted by atomic mass is 79.9. The van der Waals surface area contributed by atoms with Gasteiger partial charge in [0.15, 0.2) is 0 Å². The smallest absolute Gasteiger partial charge is 0.335 e. The number of nitrogens with zero attached hydrogens (tertiary/aromatic N) is 1. The van der Waals surface area contributed by atoms with E-state index < -0.39 is 17.8 Å². The van der Waals surface area contributed by atoms with Crippen LogP contribution in [0, 0.1) is 0 Å². The number of hydrogen-bond donors (Lipinski definition) is 1. The summed E-state index contributed by atoms with van der Waals surface area (Å²) in [5.41, 5.74) is 1.58. The second-order valence-corrected chi connectivity index (χ2v) is 9.74. The third kappa shape index (κ3) is 5.36. The van der Waals surface area contributed by atoms with Crippen molar-refractivity contribution in [1.29, 1.82) is 0 Å². The summed E-state index contributed by atoms with van der Waals surface area (Å²) >= 11 is 18.8. The summed E-state index contributed by atoms with van der Waals surface area (Å²) < 4.78 is 7.13. The third-order valence-electron chi connectivity index (χ3n) is 4.81. The van der Waals surface area contributed by atoms with Gasteiger partial charge in [-0.3, -0.25) is 14.9 Å². The normalized spacial score (nSPS) is 15.0. The molecule has 1 heterocycles. The quantitative estimate of drug-likeness (QED) is 0.251. The number of carbonyl (C=O) groups excluding carboxylic acids is 3. The molecular weight excluding hydrogens is 611 g/mol. The standard InChI is InChI=1S/C24H14Br2Cl2N2O4/c25-19-10-14(11-20(26)21(19)34-12-13-1-3-15(27)4-2-13)9-18-22(31)29-24(33)30(23(18)32)17-7-5-16(28)6-8-17/h1-11H,12H2,(H,29,31,33)/b18-9+. The molecule has 172 valence electrons. The molecule has 0 aromatic heterocycles. The van der Waals surface area contributed by atoms with Crippen molar-refractivity contribution in [2.45, 2.75) is 6.61 Å². The highest BCUT2D eigenvalue weighted by molar-refractivity contribution is 9.11. The number of hydrogen-bond acceptors (Lipinski definition) is 4. The minimum Gasteiger partial charge on any atom is -0.487 e. The van der Waals surface area contributed by atoms with Crippen LogP contribution in [-0.4, -0.2) is 17.8 Å². The number of barbiturate groups is 1. The van der Waals surface area contributed by atoms with Crippen molar-refractivity contribution >= 4 is 84.7 Å². The molecule has 3 aromatic rings. The molecule has 1 N–H and O–H groups in total. The van der Waals surface area contributed by atoms with Crippen molar-refractivity contribution in [3.8, 4) is 5.75 Å². The Balaban J connectivity index is 1.60. The van der Waals surface area contributed by atoms with Gasteiger partial charge in [0.05, 0.1) is 14.6 Å². The topological polar surface area (TPSA) is 75.7 Å². The molecule has 1 saturated heterocycles. The van der Waals surface area contributed by atoms with E-state index in [1.165, 1.54) is 18.2 Å². The van der Waals surface area contributed by atoms with E-state index in [4.69, 9.17) is 27.9 Å². The number of rotatable bonds is 5. The average molecular weight is 625 g/mol. The SMILES string of the molecule is O=C1NC(=O)N(c2ccc(Cl)cc2)C(=O)/C1=C/c1cc(Br)c(OCc2ccc(Cl)cc2)c(Br)c1. The molecule has 10 heteroatoms. The second-order valence-electron chi connectivity index (χ2n) is 7.16. The summed E-state index contributed by atoms with van der Waals surface area (Å²) in [6, 6.07) is 16.0. The van der Waals surface area contributed by atoms with E-state index in [-0.39, 0.29) is 5.57 Å². The van der Waals surface area contributed by atoms with Gasteiger partial charge in [-0.15, -0.1) is 0 Å². The molecule has 0 spiro atoms. The molecule has 6 nitrogen and oxygen atoms in total. The highest BCUT2D eigenvalue weighted by Crippen LogP contribution is 2.36. The van der Waals surface area contributed by atoms with Crippen LogP contribution in [-0.2, 0) is 16.2 Å². The maximum absolute atomic E-state index is 13.0. The number of halogens is 4. The van der Waals surface area contributed by atoms with Crippen molar-refractivity contribution in [3.05, 3.63) is 96.4 Å². The van der Waals surface area contributed by atoms with Crippen LogP contribution in [0.15, 0.2) is 75.2 Å². The van der Waals surface area contributed by atoms with Gasteiger partial charge in [0.2, 0.25) is 0 Å². The van der Waals surface area contributed by atoms with E-state index in [0.29, 0.717) is 42.6 Å². The molecule has 0 atom stereocenters.